The molecule has 2 aliphatic heterocycles. The Kier molecular flexibility index (Phi) is 7.58. The maximum absolute atomic E-state index is 14.9. The van der Waals surface area contributed by atoms with Gasteiger partial charge in [-0.3, -0.25) is 13.9 Å². The van der Waals surface area contributed by atoms with Gasteiger partial charge in [-0.25, -0.2) is 9.36 Å². The Morgan fingerprint density at radius 3 is 2.69 bits per heavy atom. The highest BCUT2D eigenvalue weighted by molar-refractivity contribution is 7.52. The minimum absolute atomic E-state index is 0.151. The second-order valence-corrected chi connectivity index (χ2v) is 10.4. The number of benzene rings is 1. The molecular weight excluding hydrogens is 501 g/mol. The van der Waals surface area contributed by atoms with Crippen LogP contribution in [0.2, 0.25) is 0 Å². The average molecular weight is 528 g/mol. The van der Waals surface area contributed by atoms with Crippen LogP contribution in [0.3, 0.4) is 0 Å². The van der Waals surface area contributed by atoms with Gasteiger partial charge in [0, 0.05) is 25.5 Å². The van der Waals surface area contributed by atoms with Crippen molar-refractivity contribution in [3.8, 4) is 5.75 Å². The number of alkyl halides is 2. The van der Waals surface area contributed by atoms with Crippen molar-refractivity contribution in [2.45, 2.75) is 50.2 Å². The topological polar surface area (TPSA) is 132 Å². The maximum atomic E-state index is 14.9. The summed E-state index contributed by atoms with van der Waals surface area (Å²) in [5.74, 6) is -4.05. The van der Waals surface area contributed by atoms with Crippen molar-refractivity contribution < 1.29 is 37.0 Å². The number of amides is 1. The number of rotatable bonds is 8. The van der Waals surface area contributed by atoms with Crippen LogP contribution in [0.15, 0.2) is 47.4 Å². The molecule has 2 aromatic rings. The van der Waals surface area contributed by atoms with E-state index in [1.807, 2.05) is 0 Å². The number of nitrogens with zero attached hydrogens (tertiary/aromatic N) is 3. The average Bonchev–Trinajstić information content (AvgIpc) is 3.05. The second kappa shape index (κ2) is 10.3. The fraction of sp³-hybridized carbons (Fsp3) is 0.500. The molecule has 0 radical (unpaired) electrons. The number of nitrogens with one attached hydrogen (secondary N) is 1. The normalized spacial score (nSPS) is 27.6. The summed E-state index contributed by atoms with van der Waals surface area (Å²) < 4.78 is 60.2. The van der Waals surface area contributed by atoms with E-state index in [1.54, 1.807) is 25.2 Å². The number of carbonyl (C=O) groups is 1. The van der Waals surface area contributed by atoms with Crippen LogP contribution >= 0.6 is 7.75 Å². The summed E-state index contributed by atoms with van der Waals surface area (Å²) in [6.07, 6.45) is -4.11. The Morgan fingerprint density at radius 1 is 1.28 bits per heavy atom. The molecule has 2 fully saturated rings. The van der Waals surface area contributed by atoms with E-state index in [0.717, 1.165) is 6.20 Å². The number of aliphatic hydroxyl groups excluding tert-OH is 1. The molecule has 5 atom stereocenters. The van der Waals surface area contributed by atoms with Crippen molar-refractivity contribution in [2.75, 3.05) is 20.2 Å². The van der Waals surface area contributed by atoms with E-state index in [1.165, 1.54) is 30.0 Å². The molecule has 2 saturated heterocycles. The molecule has 2 aliphatic rings. The van der Waals surface area contributed by atoms with Crippen molar-refractivity contribution in [3.63, 3.8) is 0 Å². The number of hydrogen-bond acceptors (Lipinski definition) is 8. The van der Waals surface area contributed by atoms with Gasteiger partial charge in [0.15, 0.2) is 6.10 Å². The molecule has 11 nitrogen and oxygen atoms in total. The summed E-state index contributed by atoms with van der Waals surface area (Å²) in [6, 6.07) is 8.44. The summed E-state index contributed by atoms with van der Waals surface area (Å²) in [6.45, 7) is 1.28. The quantitative estimate of drug-likeness (QED) is 0.493. The molecule has 0 aliphatic carbocycles. The molecule has 196 valence electrons. The molecule has 4 rings (SSSR count). The number of likely N-dealkylation sites (tertiary alicyclic amines) is 1. The third-order valence-corrected chi connectivity index (χ3v) is 7.52. The lowest BCUT2D eigenvalue weighted by atomic mass is 10.1. The fourth-order valence-electron chi connectivity index (χ4n) is 4.01. The predicted molar refractivity (Wildman–Crippen MR) is 123 cm³/mol. The summed E-state index contributed by atoms with van der Waals surface area (Å²) in [4.78, 5) is 29.8. The number of hydrogen-bond donors (Lipinski definition) is 2. The van der Waals surface area contributed by atoms with Crippen LogP contribution in [0, 0.1) is 6.92 Å². The maximum Gasteiger partial charge on any atom is 0.459 e. The standard InChI is InChI=1S/C22H27F2N4O7P/c1-14-10-12-28(21(31)25-14)20-22(23,24)18(29)17(34-20)13-33-36(32,35-15-7-4-3-5-8-15)26-16-9-6-11-27(2)19(16)30/h3-5,7-8,10,12,16-18,20,29H,6,9,11,13H2,1-2H3,(H,26,32)/t16?,17-,18-,20-,36?/m1/s1. The highest BCUT2D eigenvalue weighted by Crippen LogP contribution is 2.48. The number of ether oxygens (including phenoxy) is 1. The van der Waals surface area contributed by atoms with E-state index in [-0.39, 0.29) is 11.7 Å². The van der Waals surface area contributed by atoms with Gasteiger partial charge in [-0.2, -0.15) is 18.9 Å². The van der Waals surface area contributed by atoms with Crippen molar-refractivity contribution in [3.05, 3.63) is 58.8 Å². The first-order valence-corrected chi connectivity index (χ1v) is 12.8. The summed E-state index contributed by atoms with van der Waals surface area (Å²) >= 11 is 0. The number of aromatic nitrogens is 2. The van der Waals surface area contributed by atoms with Crippen molar-refractivity contribution in [1.29, 1.82) is 0 Å². The van der Waals surface area contributed by atoms with Gasteiger partial charge in [0.1, 0.15) is 11.9 Å². The minimum atomic E-state index is -4.32. The molecule has 14 heteroatoms. The van der Waals surface area contributed by atoms with Gasteiger partial charge in [0.2, 0.25) is 12.1 Å². The molecule has 2 unspecified atom stereocenters. The largest absolute Gasteiger partial charge is 0.459 e. The summed E-state index contributed by atoms with van der Waals surface area (Å²) in [5, 5.41) is 12.9. The number of carbonyl (C=O) groups excluding carboxylic acids is 1. The predicted octanol–water partition coefficient (Wildman–Crippen LogP) is 1.86. The number of aryl methyl sites for hydroxylation is 1. The van der Waals surface area contributed by atoms with E-state index in [9.17, 15) is 28.0 Å². The highest BCUT2D eigenvalue weighted by atomic mass is 31.2. The van der Waals surface area contributed by atoms with Crippen molar-refractivity contribution in [2.24, 2.45) is 0 Å². The van der Waals surface area contributed by atoms with Gasteiger partial charge in [-0.1, -0.05) is 18.2 Å². The fourth-order valence-corrected chi connectivity index (χ4v) is 5.55. The Labute approximate surface area is 205 Å². The number of aliphatic hydroxyl groups is 1. The minimum Gasteiger partial charge on any atom is -0.413 e. The Balaban J connectivity index is 1.53. The van der Waals surface area contributed by atoms with Crippen LogP contribution in [0.5, 0.6) is 5.75 Å². The van der Waals surface area contributed by atoms with Gasteiger partial charge in [0.05, 0.1) is 12.6 Å². The zero-order chi connectivity index (χ0) is 26.1. The van der Waals surface area contributed by atoms with E-state index in [2.05, 4.69) is 10.1 Å². The van der Waals surface area contributed by atoms with Gasteiger partial charge < -0.3 is 19.3 Å². The highest BCUT2D eigenvalue weighted by Gasteiger charge is 2.60. The lowest BCUT2D eigenvalue weighted by Crippen LogP contribution is -2.48. The molecule has 0 saturated carbocycles. The van der Waals surface area contributed by atoms with E-state index >= 15 is 0 Å². The van der Waals surface area contributed by atoms with Gasteiger partial charge in [-0.05, 0) is 38.0 Å². The number of para-hydroxylation sites is 1. The van der Waals surface area contributed by atoms with Crippen LogP contribution < -0.4 is 15.3 Å². The SMILES string of the molecule is Cc1ccn([C@@H]2O[C@H](COP(=O)(NC3CCCN(C)C3=O)Oc3ccccc3)[C@@H](O)C2(F)F)c(=O)n1. The van der Waals surface area contributed by atoms with Crippen LogP contribution in [0.4, 0.5) is 8.78 Å². The van der Waals surface area contributed by atoms with Crippen LogP contribution in [-0.4, -0.2) is 69.8 Å². The monoisotopic (exact) mass is 528 g/mol. The third kappa shape index (κ3) is 5.50. The molecule has 36 heavy (non-hydrogen) atoms. The van der Waals surface area contributed by atoms with Gasteiger partial charge >= 0.3 is 19.4 Å². The molecule has 1 aromatic heterocycles. The zero-order valence-electron chi connectivity index (χ0n) is 19.6. The van der Waals surface area contributed by atoms with Crippen molar-refractivity contribution >= 4 is 13.7 Å². The number of piperidine rings is 1. The molecule has 1 aromatic carbocycles. The molecule has 1 amide bonds. The smallest absolute Gasteiger partial charge is 0.413 e. The van der Waals surface area contributed by atoms with Crippen LogP contribution in [-0.2, 0) is 18.6 Å². The molecule has 3 heterocycles. The van der Waals surface area contributed by atoms with Gasteiger partial charge in [-0.15, -0.1) is 0 Å². The Morgan fingerprint density at radius 2 is 2.00 bits per heavy atom. The van der Waals surface area contributed by atoms with E-state index < -0.39 is 50.4 Å². The lowest BCUT2D eigenvalue weighted by Gasteiger charge is -2.32. The Bertz CT molecular complexity index is 1200. The first-order valence-electron chi connectivity index (χ1n) is 11.3. The lowest BCUT2D eigenvalue weighted by molar-refractivity contribution is -0.141. The first kappa shape index (κ1) is 26.4. The van der Waals surface area contributed by atoms with E-state index in [4.69, 9.17) is 13.8 Å². The molecule has 0 spiro atoms. The molecule has 0 bridgehead atoms. The second-order valence-electron chi connectivity index (χ2n) is 8.69. The van der Waals surface area contributed by atoms with Gasteiger partial charge in [0.25, 0.3) is 0 Å². The first-order chi connectivity index (χ1) is 17.0. The number of likely N-dealkylation sites (N-methyl/N-ethyl adjacent to an activating group) is 1. The molecule has 2 N–H and O–H groups in total. The van der Waals surface area contributed by atoms with E-state index in [0.29, 0.717) is 29.6 Å². The molecular formula is C22H27F2N4O7P. The number of halogens is 2. The zero-order valence-corrected chi connectivity index (χ0v) is 20.5. The van der Waals surface area contributed by atoms with Crippen molar-refractivity contribution in [1.82, 2.24) is 19.5 Å². The summed E-state index contributed by atoms with van der Waals surface area (Å²) in [7, 11) is -2.71. The Hall–Kier alpha value is -2.70. The van der Waals surface area contributed by atoms with Crippen LogP contribution in [0.1, 0.15) is 24.8 Å². The van der Waals surface area contributed by atoms with Crippen LogP contribution in [0.25, 0.3) is 0 Å². The third-order valence-electron chi connectivity index (χ3n) is 5.95. The summed E-state index contributed by atoms with van der Waals surface area (Å²) in [5.41, 5.74) is -0.654.